The molecule has 0 unspecified atom stereocenters. The SMILES string of the molecule is CNCc1sc(N(C)C2CCC2)nc1-c1ccccc1. The topological polar surface area (TPSA) is 28.2 Å². The van der Waals surface area contributed by atoms with Gasteiger partial charge < -0.3 is 10.2 Å². The minimum atomic E-state index is 0.687. The molecule has 0 aliphatic heterocycles. The van der Waals surface area contributed by atoms with Crippen molar-refractivity contribution >= 4 is 16.5 Å². The smallest absolute Gasteiger partial charge is 0.186 e. The van der Waals surface area contributed by atoms with Crippen molar-refractivity contribution in [3.8, 4) is 11.3 Å². The summed E-state index contributed by atoms with van der Waals surface area (Å²) in [5.74, 6) is 0. The second-order valence-corrected chi connectivity index (χ2v) is 6.42. The van der Waals surface area contributed by atoms with Gasteiger partial charge in [0.2, 0.25) is 0 Å². The quantitative estimate of drug-likeness (QED) is 0.912. The van der Waals surface area contributed by atoms with Gasteiger partial charge in [-0.3, -0.25) is 0 Å². The average Bonchev–Trinajstić information content (AvgIpc) is 2.82. The van der Waals surface area contributed by atoms with Gasteiger partial charge in [0.05, 0.1) is 5.69 Å². The van der Waals surface area contributed by atoms with E-state index in [9.17, 15) is 0 Å². The molecule has 1 heterocycles. The van der Waals surface area contributed by atoms with E-state index in [2.05, 4.69) is 47.6 Å². The van der Waals surface area contributed by atoms with E-state index in [4.69, 9.17) is 4.98 Å². The Morgan fingerprint density at radius 1 is 1.30 bits per heavy atom. The van der Waals surface area contributed by atoms with Crippen molar-refractivity contribution in [3.05, 3.63) is 35.2 Å². The molecule has 1 fully saturated rings. The molecule has 1 aliphatic carbocycles. The zero-order valence-corrected chi connectivity index (χ0v) is 12.9. The van der Waals surface area contributed by atoms with Crippen LogP contribution in [0.5, 0.6) is 0 Å². The lowest BCUT2D eigenvalue weighted by atomic mass is 9.92. The summed E-state index contributed by atoms with van der Waals surface area (Å²) in [5, 5.41) is 4.41. The van der Waals surface area contributed by atoms with Gasteiger partial charge in [0.15, 0.2) is 5.13 Å². The number of thiazole rings is 1. The van der Waals surface area contributed by atoms with Crippen LogP contribution in [0.25, 0.3) is 11.3 Å². The predicted octanol–water partition coefficient (Wildman–Crippen LogP) is 3.52. The Kier molecular flexibility index (Phi) is 4.03. The van der Waals surface area contributed by atoms with Gasteiger partial charge in [0.25, 0.3) is 0 Å². The van der Waals surface area contributed by atoms with Crippen LogP contribution >= 0.6 is 11.3 Å². The molecule has 106 valence electrons. The van der Waals surface area contributed by atoms with E-state index in [0.717, 1.165) is 17.4 Å². The Labute approximate surface area is 124 Å². The molecular weight excluding hydrogens is 266 g/mol. The van der Waals surface area contributed by atoms with Crippen molar-refractivity contribution in [2.45, 2.75) is 31.8 Å². The number of benzene rings is 1. The fraction of sp³-hybridized carbons (Fsp3) is 0.438. The molecule has 20 heavy (non-hydrogen) atoms. The third-order valence-electron chi connectivity index (χ3n) is 3.99. The van der Waals surface area contributed by atoms with E-state index < -0.39 is 0 Å². The minimum absolute atomic E-state index is 0.687. The van der Waals surface area contributed by atoms with Crippen molar-refractivity contribution in [1.29, 1.82) is 0 Å². The van der Waals surface area contributed by atoms with E-state index in [1.165, 1.54) is 29.7 Å². The van der Waals surface area contributed by atoms with Crippen LogP contribution in [0.15, 0.2) is 30.3 Å². The highest BCUT2D eigenvalue weighted by Crippen LogP contribution is 2.36. The predicted molar refractivity (Wildman–Crippen MR) is 86.4 cm³/mol. The zero-order valence-electron chi connectivity index (χ0n) is 12.1. The molecule has 2 aromatic rings. The zero-order chi connectivity index (χ0) is 13.9. The number of aromatic nitrogens is 1. The highest BCUT2D eigenvalue weighted by atomic mass is 32.1. The van der Waals surface area contributed by atoms with Crippen LogP contribution in [0, 0.1) is 0 Å². The normalized spacial score (nSPS) is 15.1. The van der Waals surface area contributed by atoms with Crippen molar-refractivity contribution in [1.82, 2.24) is 10.3 Å². The highest BCUT2D eigenvalue weighted by molar-refractivity contribution is 7.16. The van der Waals surface area contributed by atoms with Crippen molar-refractivity contribution in [2.24, 2.45) is 0 Å². The van der Waals surface area contributed by atoms with Crippen LogP contribution in [0.2, 0.25) is 0 Å². The number of nitrogens with zero attached hydrogens (tertiary/aromatic N) is 2. The van der Waals surface area contributed by atoms with Gasteiger partial charge >= 0.3 is 0 Å². The minimum Gasteiger partial charge on any atom is -0.348 e. The summed E-state index contributed by atoms with van der Waals surface area (Å²) in [7, 11) is 4.17. The van der Waals surface area contributed by atoms with Crippen LogP contribution < -0.4 is 10.2 Å². The summed E-state index contributed by atoms with van der Waals surface area (Å²) in [6.07, 6.45) is 3.96. The van der Waals surface area contributed by atoms with Gasteiger partial charge in [0, 0.05) is 30.1 Å². The molecule has 0 saturated heterocycles. The van der Waals surface area contributed by atoms with Crippen LogP contribution in [0.3, 0.4) is 0 Å². The lowest BCUT2D eigenvalue weighted by molar-refractivity contribution is 0.401. The van der Waals surface area contributed by atoms with Crippen LogP contribution in [-0.4, -0.2) is 25.1 Å². The number of nitrogens with one attached hydrogen (secondary N) is 1. The Morgan fingerprint density at radius 3 is 2.65 bits per heavy atom. The standard InChI is InChI=1S/C16H21N3S/c1-17-11-14-15(12-7-4-3-5-8-12)18-16(20-14)19(2)13-9-6-10-13/h3-5,7-8,13,17H,6,9-11H2,1-2H3. The molecule has 0 atom stereocenters. The monoisotopic (exact) mass is 287 g/mol. The lowest BCUT2D eigenvalue weighted by Crippen LogP contribution is -2.36. The number of anilines is 1. The van der Waals surface area contributed by atoms with Gasteiger partial charge in [-0.1, -0.05) is 41.7 Å². The molecule has 1 N–H and O–H groups in total. The van der Waals surface area contributed by atoms with Gasteiger partial charge in [-0.25, -0.2) is 4.98 Å². The van der Waals surface area contributed by atoms with Gasteiger partial charge in [-0.05, 0) is 26.3 Å². The van der Waals surface area contributed by atoms with Crippen molar-refractivity contribution in [3.63, 3.8) is 0 Å². The molecule has 1 aromatic heterocycles. The summed E-state index contributed by atoms with van der Waals surface area (Å²) < 4.78 is 0. The maximum atomic E-state index is 4.91. The van der Waals surface area contributed by atoms with E-state index in [-0.39, 0.29) is 0 Å². The Hall–Kier alpha value is -1.39. The first-order chi connectivity index (χ1) is 9.79. The maximum absolute atomic E-state index is 4.91. The molecule has 3 nitrogen and oxygen atoms in total. The second-order valence-electron chi connectivity index (χ2n) is 5.36. The second kappa shape index (κ2) is 5.94. The van der Waals surface area contributed by atoms with E-state index in [1.54, 1.807) is 0 Å². The number of rotatable bonds is 5. The Bertz CT molecular complexity index is 560. The molecule has 0 spiro atoms. The van der Waals surface area contributed by atoms with Crippen LogP contribution in [0.1, 0.15) is 24.1 Å². The van der Waals surface area contributed by atoms with E-state index in [1.807, 2.05) is 18.4 Å². The summed E-state index contributed by atoms with van der Waals surface area (Å²) in [6.45, 7) is 0.875. The largest absolute Gasteiger partial charge is 0.348 e. The molecule has 0 amide bonds. The summed E-state index contributed by atoms with van der Waals surface area (Å²) in [5.41, 5.74) is 2.34. The van der Waals surface area contributed by atoms with Crippen molar-refractivity contribution in [2.75, 3.05) is 19.0 Å². The lowest BCUT2D eigenvalue weighted by Gasteiger charge is -2.34. The molecule has 3 rings (SSSR count). The molecule has 1 aliphatic rings. The van der Waals surface area contributed by atoms with Gasteiger partial charge in [-0.2, -0.15) is 0 Å². The Morgan fingerprint density at radius 2 is 2.05 bits per heavy atom. The summed E-state index contributed by atoms with van der Waals surface area (Å²) in [4.78, 5) is 8.59. The first kappa shape index (κ1) is 13.6. The maximum Gasteiger partial charge on any atom is 0.186 e. The van der Waals surface area contributed by atoms with Gasteiger partial charge in [0.1, 0.15) is 0 Å². The molecular formula is C16H21N3S. The average molecular weight is 287 g/mol. The third-order valence-corrected chi connectivity index (χ3v) is 5.14. The number of hydrogen-bond donors (Lipinski definition) is 1. The van der Waals surface area contributed by atoms with E-state index >= 15 is 0 Å². The van der Waals surface area contributed by atoms with Gasteiger partial charge in [-0.15, -0.1) is 0 Å². The Balaban J connectivity index is 1.93. The summed E-state index contributed by atoms with van der Waals surface area (Å²) in [6, 6.07) is 11.2. The highest BCUT2D eigenvalue weighted by Gasteiger charge is 2.25. The third kappa shape index (κ3) is 2.58. The fourth-order valence-corrected chi connectivity index (χ4v) is 3.65. The molecule has 1 aromatic carbocycles. The first-order valence-electron chi connectivity index (χ1n) is 7.22. The summed E-state index contributed by atoms with van der Waals surface area (Å²) >= 11 is 1.82. The first-order valence-corrected chi connectivity index (χ1v) is 8.04. The molecule has 1 saturated carbocycles. The van der Waals surface area contributed by atoms with Crippen LogP contribution in [-0.2, 0) is 6.54 Å². The molecule has 4 heteroatoms. The molecule has 0 radical (unpaired) electrons. The van der Waals surface area contributed by atoms with E-state index in [0.29, 0.717) is 6.04 Å². The number of hydrogen-bond acceptors (Lipinski definition) is 4. The fourth-order valence-electron chi connectivity index (χ4n) is 2.52. The molecule has 0 bridgehead atoms. The van der Waals surface area contributed by atoms with Crippen LogP contribution in [0.4, 0.5) is 5.13 Å². The van der Waals surface area contributed by atoms with Crippen molar-refractivity contribution < 1.29 is 0 Å².